The summed E-state index contributed by atoms with van der Waals surface area (Å²) in [4.78, 5) is 25.4. The van der Waals surface area contributed by atoms with Gasteiger partial charge < -0.3 is 30.0 Å². The number of hydrogen-bond acceptors (Lipinski definition) is 7. The van der Waals surface area contributed by atoms with Crippen LogP contribution >= 0.6 is 0 Å². The summed E-state index contributed by atoms with van der Waals surface area (Å²) in [6, 6.07) is 3.69. The van der Waals surface area contributed by atoms with Gasteiger partial charge in [0, 0.05) is 25.1 Å². The van der Waals surface area contributed by atoms with Crippen LogP contribution in [0, 0.1) is 5.92 Å². The number of rotatable bonds is 10. The number of ketones is 1. The normalized spacial score (nSPS) is 29.4. The largest absolute Gasteiger partial charge is 0.477 e. The second-order valence-corrected chi connectivity index (χ2v) is 9.80. The topological polar surface area (TPSA) is 106 Å². The summed E-state index contributed by atoms with van der Waals surface area (Å²) in [5.41, 5.74) is 0.108. The van der Waals surface area contributed by atoms with E-state index in [2.05, 4.69) is 10.6 Å². The molecule has 0 aromatic heterocycles. The molecular formula is C25H34N2O6. The predicted octanol–water partition coefficient (Wildman–Crippen LogP) is 2.24. The molecule has 3 N–H and O–H groups in total. The SMILES string of the molecule is CCOCCNC(=O)Oc1ccc2c3c1OC1C(=O)CC[C@@](O)(CC2)C31CCNCC1CC1. The summed E-state index contributed by atoms with van der Waals surface area (Å²) in [6.45, 7) is 4.89. The lowest BCUT2D eigenvalue weighted by molar-refractivity contribution is -0.153. The van der Waals surface area contributed by atoms with Crippen LogP contribution < -0.4 is 20.1 Å². The van der Waals surface area contributed by atoms with Crippen LogP contribution in [0.15, 0.2) is 12.1 Å². The Kier molecular flexibility index (Phi) is 6.09. The number of ether oxygens (including phenoxy) is 3. The van der Waals surface area contributed by atoms with Gasteiger partial charge in [-0.3, -0.25) is 4.79 Å². The maximum atomic E-state index is 13.1. The molecular weight excluding hydrogens is 424 g/mol. The number of Topliss-reactive ketones (excluding diaryl/α,β-unsaturated/α-hetero) is 1. The number of carbonyl (C=O) groups excluding carboxylic acids is 2. The third-order valence-electron chi connectivity index (χ3n) is 7.80. The highest BCUT2D eigenvalue weighted by atomic mass is 16.6. The van der Waals surface area contributed by atoms with E-state index in [4.69, 9.17) is 14.2 Å². The minimum absolute atomic E-state index is 0.0121. The van der Waals surface area contributed by atoms with Crippen molar-refractivity contribution >= 4 is 11.9 Å². The second-order valence-electron chi connectivity index (χ2n) is 9.80. The molecule has 180 valence electrons. The molecule has 1 aliphatic heterocycles. The van der Waals surface area contributed by atoms with E-state index in [-0.39, 0.29) is 5.78 Å². The summed E-state index contributed by atoms with van der Waals surface area (Å²) in [5.74, 6) is 1.49. The zero-order chi connectivity index (χ0) is 23.1. The van der Waals surface area contributed by atoms with Gasteiger partial charge in [0.1, 0.15) is 0 Å². The van der Waals surface area contributed by atoms with Crippen LogP contribution in [0.2, 0.25) is 0 Å². The molecule has 5 rings (SSSR count). The molecule has 33 heavy (non-hydrogen) atoms. The number of aryl methyl sites for hydroxylation is 1. The van der Waals surface area contributed by atoms with Crippen molar-refractivity contribution in [2.75, 3.05) is 32.8 Å². The van der Waals surface area contributed by atoms with Crippen LogP contribution in [-0.2, 0) is 21.4 Å². The maximum absolute atomic E-state index is 13.1. The van der Waals surface area contributed by atoms with Crippen molar-refractivity contribution in [3.63, 3.8) is 0 Å². The predicted molar refractivity (Wildman–Crippen MR) is 121 cm³/mol. The summed E-state index contributed by atoms with van der Waals surface area (Å²) >= 11 is 0. The second kappa shape index (κ2) is 8.89. The Bertz CT molecular complexity index is 932. The minimum Gasteiger partial charge on any atom is -0.477 e. The molecule has 3 aliphatic carbocycles. The van der Waals surface area contributed by atoms with Crippen molar-refractivity contribution in [1.29, 1.82) is 0 Å². The van der Waals surface area contributed by atoms with E-state index in [0.717, 1.165) is 23.6 Å². The van der Waals surface area contributed by atoms with Crippen molar-refractivity contribution in [1.82, 2.24) is 10.6 Å². The van der Waals surface area contributed by atoms with Crippen LogP contribution in [0.5, 0.6) is 11.5 Å². The molecule has 0 saturated heterocycles. The number of nitrogens with one attached hydrogen (secondary N) is 2. The third kappa shape index (κ3) is 3.92. The van der Waals surface area contributed by atoms with Gasteiger partial charge in [-0.25, -0.2) is 4.79 Å². The standard InChI is InChI=1S/C25H34N2O6/c1-2-31-14-13-27-23(29)32-19-6-5-17-7-9-24(30)10-8-18(28)22-25(24,20(17)21(19)33-22)11-12-26-15-16-3-4-16/h5-6,16,22,26,30H,2-4,7-15H2,1H3,(H,27,29)/t22?,24-,25?/m0/s1. The molecule has 0 spiro atoms. The van der Waals surface area contributed by atoms with Gasteiger partial charge in [-0.15, -0.1) is 0 Å². The molecule has 8 nitrogen and oxygen atoms in total. The maximum Gasteiger partial charge on any atom is 0.412 e. The zero-order valence-electron chi connectivity index (χ0n) is 19.3. The Labute approximate surface area is 194 Å². The fraction of sp³-hybridized carbons (Fsp3) is 0.680. The van der Waals surface area contributed by atoms with Crippen molar-refractivity contribution in [3.05, 3.63) is 23.3 Å². The first-order valence-electron chi connectivity index (χ1n) is 12.3. The number of amides is 1. The molecule has 1 aromatic rings. The van der Waals surface area contributed by atoms with E-state index in [1.165, 1.54) is 12.8 Å². The van der Waals surface area contributed by atoms with Gasteiger partial charge in [-0.2, -0.15) is 0 Å². The van der Waals surface area contributed by atoms with E-state index in [9.17, 15) is 14.7 Å². The lowest BCUT2D eigenvalue weighted by Crippen LogP contribution is -2.65. The summed E-state index contributed by atoms with van der Waals surface area (Å²) in [5, 5.41) is 18.1. The smallest absolute Gasteiger partial charge is 0.412 e. The molecule has 2 fully saturated rings. The van der Waals surface area contributed by atoms with Gasteiger partial charge in [-0.1, -0.05) is 6.07 Å². The van der Waals surface area contributed by atoms with Gasteiger partial charge in [0.2, 0.25) is 0 Å². The average molecular weight is 459 g/mol. The molecule has 1 aromatic carbocycles. The summed E-state index contributed by atoms with van der Waals surface area (Å²) in [7, 11) is 0. The molecule has 4 aliphatic rings. The Morgan fingerprint density at radius 2 is 2.06 bits per heavy atom. The molecule has 8 heteroatoms. The first kappa shape index (κ1) is 22.6. The first-order valence-corrected chi connectivity index (χ1v) is 12.3. The van der Waals surface area contributed by atoms with Gasteiger partial charge in [0.05, 0.1) is 17.6 Å². The Hall–Kier alpha value is -2.16. The Morgan fingerprint density at radius 1 is 1.24 bits per heavy atom. The number of aliphatic hydroxyl groups is 1. The number of carbonyl (C=O) groups is 2. The highest BCUT2D eigenvalue weighted by molar-refractivity contribution is 5.90. The van der Waals surface area contributed by atoms with Crippen molar-refractivity contribution in [3.8, 4) is 11.5 Å². The van der Waals surface area contributed by atoms with Crippen LogP contribution in [0.3, 0.4) is 0 Å². The fourth-order valence-electron chi connectivity index (χ4n) is 5.95. The van der Waals surface area contributed by atoms with Gasteiger partial charge in [0.15, 0.2) is 23.4 Å². The lowest BCUT2D eigenvalue weighted by Gasteiger charge is -2.53. The van der Waals surface area contributed by atoms with E-state index in [0.29, 0.717) is 69.9 Å². The lowest BCUT2D eigenvalue weighted by atomic mass is 9.52. The van der Waals surface area contributed by atoms with Gasteiger partial charge in [-0.05, 0) is 76.1 Å². The Balaban J connectivity index is 1.44. The third-order valence-corrected chi connectivity index (χ3v) is 7.80. The van der Waals surface area contributed by atoms with Crippen LogP contribution in [-0.4, -0.2) is 61.5 Å². The Morgan fingerprint density at radius 3 is 2.85 bits per heavy atom. The van der Waals surface area contributed by atoms with E-state index >= 15 is 0 Å². The molecule has 1 amide bonds. The van der Waals surface area contributed by atoms with E-state index in [1.54, 1.807) is 6.07 Å². The summed E-state index contributed by atoms with van der Waals surface area (Å²) < 4.78 is 17.1. The molecule has 2 saturated carbocycles. The highest BCUT2D eigenvalue weighted by Crippen LogP contribution is 2.62. The fourth-order valence-corrected chi connectivity index (χ4v) is 5.95. The van der Waals surface area contributed by atoms with Gasteiger partial charge >= 0.3 is 6.09 Å². The van der Waals surface area contributed by atoms with Crippen molar-refractivity contribution < 1.29 is 28.9 Å². The van der Waals surface area contributed by atoms with Crippen LogP contribution in [0.25, 0.3) is 0 Å². The highest BCUT2D eigenvalue weighted by Gasteiger charge is 2.67. The monoisotopic (exact) mass is 458 g/mol. The van der Waals surface area contributed by atoms with E-state index < -0.39 is 23.2 Å². The molecule has 1 heterocycles. The van der Waals surface area contributed by atoms with Crippen molar-refractivity contribution in [2.24, 2.45) is 5.92 Å². The number of benzene rings is 1. The zero-order valence-corrected chi connectivity index (χ0v) is 19.3. The quantitative estimate of drug-likeness (QED) is 0.462. The first-order chi connectivity index (χ1) is 16.0. The molecule has 2 unspecified atom stereocenters. The van der Waals surface area contributed by atoms with Crippen LogP contribution in [0.1, 0.15) is 56.6 Å². The molecule has 0 bridgehead atoms. The average Bonchev–Trinajstić information content (AvgIpc) is 3.56. The minimum atomic E-state index is -1.01. The molecule has 0 radical (unpaired) electrons. The van der Waals surface area contributed by atoms with Gasteiger partial charge in [0.25, 0.3) is 0 Å². The summed E-state index contributed by atoms with van der Waals surface area (Å²) in [6.07, 6.45) is 3.86. The van der Waals surface area contributed by atoms with Crippen molar-refractivity contribution in [2.45, 2.75) is 69.0 Å². The van der Waals surface area contributed by atoms with Crippen LogP contribution in [0.4, 0.5) is 4.79 Å². The number of hydrogen-bond donors (Lipinski definition) is 3. The van der Waals surface area contributed by atoms with E-state index in [1.807, 2.05) is 13.0 Å². The molecule has 3 atom stereocenters.